The van der Waals surface area contributed by atoms with Gasteiger partial charge in [0.15, 0.2) is 4.34 Å². The number of hydrogen-bond acceptors (Lipinski definition) is 7. The van der Waals surface area contributed by atoms with Crippen LogP contribution < -0.4 is 15.4 Å². The topological polar surface area (TPSA) is 76.1 Å². The maximum atomic E-state index is 12.2. The van der Waals surface area contributed by atoms with Crippen LogP contribution in [0.4, 0.5) is 16.5 Å². The molecule has 0 radical (unpaired) electrons. The van der Waals surface area contributed by atoms with Gasteiger partial charge in [-0.1, -0.05) is 53.4 Å². The molecule has 6 nitrogen and oxygen atoms in total. The van der Waals surface area contributed by atoms with Crippen molar-refractivity contribution < 1.29 is 9.53 Å². The molecule has 9 heteroatoms. The zero-order valence-electron chi connectivity index (χ0n) is 16.1. The van der Waals surface area contributed by atoms with Crippen molar-refractivity contribution in [2.45, 2.75) is 4.34 Å². The first kappa shape index (κ1) is 21.4. The second-order valence-corrected chi connectivity index (χ2v) is 9.31. The standard InChI is InChI=1S/C22H17BrN4O2S2/c23-18-8-4-5-9-19(18)25-20(28)14-30-22-27-26-21(31-22)24-15-10-12-17(13-11-15)29-16-6-2-1-3-7-16/h1-13H,14H2,(H,24,26)(H,25,28). The van der Waals surface area contributed by atoms with Crippen molar-refractivity contribution >= 4 is 61.4 Å². The number of nitrogens with zero attached hydrogens (tertiary/aromatic N) is 2. The second-order valence-electron chi connectivity index (χ2n) is 6.25. The zero-order valence-corrected chi connectivity index (χ0v) is 19.3. The van der Waals surface area contributed by atoms with Gasteiger partial charge < -0.3 is 15.4 Å². The minimum atomic E-state index is -0.101. The van der Waals surface area contributed by atoms with Gasteiger partial charge in [0.1, 0.15) is 11.5 Å². The van der Waals surface area contributed by atoms with E-state index in [4.69, 9.17) is 4.74 Å². The largest absolute Gasteiger partial charge is 0.457 e. The van der Waals surface area contributed by atoms with Crippen LogP contribution in [-0.4, -0.2) is 21.9 Å². The Morgan fingerprint density at radius 2 is 1.65 bits per heavy atom. The molecular weight excluding hydrogens is 496 g/mol. The van der Waals surface area contributed by atoms with Crippen LogP contribution >= 0.6 is 39.0 Å². The number of aromatic nitrogens is 2. The van der Waals surface area contributed by atoms with Crippen molar-refractivity contribution in [2.24, 2.45) is 0 Å². The number of nitrogens with one attached hydrogen (secondary N) is 2. The van der Waals surface area contributed by atoms with Gasteiger partial charge in [0.05, 0.1) is 11.4 Å². The van der Waals surface area contributed by atoms with Gasteiger partial charge in [-0.05, 0) is 64.5 Å². The predicted octanol–water partition coefficient (Wildman–Crippen LogP) is 6.57. The number of para-hydroxylation sites is 2. The third kappa shape index (κ3) is 6.30. The van der Waals surface area contributed by atoms with Crippen LogP contribution in [0.2, 0.25) is 0 Å². The lowest BCUT2D eigenvalue weighted by atomic mass is 10.3. The molecule has 0 atom stereocenters. The monoisotopic (exact) mass is 512 g/mol. The Hall–Kier alpha value is -2.88. The summed E-state index contributed by atoms with van der Waals surface area (Å²) in [7, 11) is 0. The molecule has 0 spiro atoms. The third-order valence-corrected chi connectivity index (χ3v) is 6.63. The van der Waals surface area contributed by atoms with Crippen LogP contribution in [0.5, 0.6) is 11.5 Å². The molecule has 156 valence electrons. The fraction of sp³-hybridized carbons (Fsp3) is 0.0455. The number of hydrogen-bond donors (Lipinski definition) is 2. The molecule has 0 aliphatic rings. The summed E-state index contributed by atoms with van der Waals surface area (Å²) < 4.78 is 7.35. The Bertz CT molecular complexity index is 1150. The van der Waals surface area contributed by atoms with Gasteiger partial charge in [-0.15, -0.1) is 10.2 Å². The highest BCUT2D eigenvalue weighted by Gasteiger charge is 2.10. The van der Waals surface area contributed by atoms with Gasteiger partial charge in [0.2, 0.25) is 11.0 Å². The SMILES string of the molecule is O=C(CSc1nnc(Nc2ccc(Oc3ccccc3)cc2)s1)Nc1ccccc1Br. The number of carbonyl (C=O) groups excluding carboxylic acids is 1. The van der Waals surface area contributed by atoms with Gasteiger partial charge in [0, 0.05) is 10.2 Å². The molecule has 0 saturated carbocycles. The van der Waals surface area contributed by atoms with Crippen LogP contribution in [-0.2, 0) is 4.79 Å². The minimum Gasteiger partial charge on any atom is -0.457 e. The van der Waals surface area contributed by atoms with Gasteiger partial charge >= 0.3 is 0 Å². The zero-order chi connectivity index (χ0) is 21.5. The lowest BCUT2D eigenvalue weighted by Gasteiger charge is -2.07. The van der Waals surface area contributed by atoms with E-state index in [0.29, 0.717) is 9.47 Å². The van der Waals surface area contributed by atoms with Crippen molar-refractivity contribution in [3.63, 3.8) is 0 Å². The molecule has 4 aromatic rings. The molecule has 1 heterocycles. The minimum absolute atomic E-state index is 0.101. The van der Waals surface area contributed by atoms with Crippen molar-refractivity contribution in [3.05, 3.63) is 83.3 Å². The molecule has 0 aliphatic heterocycles. The fourth-order valence-corrected chi connectivity index (χ4v) is 4.51. The average Bonchev–Trinajstić information content (AvgIpc) is 3.23. The Balaban J connectivity index is 1.28. The lowest BCUT2D eigenvalue weighted by Crippen LogP contribution is -2.14. The van der Waals surface area contributed by atoms with E-state index in [1.807, 2.05) is 78.9 Å². The molecule has 4 rings (SSSR count). The summed E-state index contributed by atoms with van der Waals surface area (Å²) in [5.74, 6) is 1.69. The Morgan fingerprint density at radius 3 is 2.42 bits per heavy atom. The number of amides is 1. The van der Waals surface area contributed by atoms with Crippen molar-refractivity contribution in [1.29, 1.82) is 0 Å². The summed E-state index contributed by atoms with van der Waals surface area (Å²) in [6.45, 7) is 0. The van der Waals surface area contributed by atoms with E-state index in [9.17, 15) is 4.79 Å². The second kappa shape index (κ2) is 10.4. The number of halogens is 1. The van der Waals surface area contributed by atoms with Crippen molar-refractivity contribution in [2.75, 3.05) is 16.4 Å². The first-order valence-corrected chi connectivity index (χ1v) is 11.9. The number of thioether (sulfide) groups is 1. The molecule has 3 aromatic carbocycles. The van der Waals surface area contributed by atoms with Crippen LogP contribution in [0.15, 0.2) is 87.7 Å². The van der Waals surface area contributed by atoms with E-state index in [1.54, 1.807) is 0 Å². The Morgan fingerprint density at radius 1 is 0.935 bits per heavy atom. The maximum absolute atomic E-state index is 12.2. The number of benzene rings is 3. The Labute approximate surface area is 196 Å². The quantitative estimate of drug-likeness (QED) is 0.260. The van der Waals surface area contributed by atoms with Crippen LogP contribution in [0, 0.1) is 0 Å². The summed E-state index contributed by atoms with van der Waals surface area (Å²) in [5.41, 5.74) is 1.62. The van der Waals surface area contributed by atoms with Crippen LogP contribution in [0.3, 0.4) is 0 Å². The third-order valence-electron chi connectivity index (χ3n) is 3.97. The lowest BCUT2D eigenvalue weighted by molar-refractivity contribution is -0.113. The highest BCUT2D eigenvalue weighted by molar-refractivity contribution is 9.10. The van der Waals surface area contributed by atoms with Gasteiger partial charge in [-0.3, -0.25) is 4.79 Å². The molecule has 0 saturated heterocycles. The van der Waals surface area contributed by atoms with E-state index in [1.165, 1.54) is 23.1 Å². The van der Waals surface area contributed by atoms with Gasteiger partial charge in [-0.2, -0.15) is 0 Å². The van der Waals surface area contributed by atoms with Crippen LogP contribution in [0.25, 0.3) is 0 Å². The molecule has 1 aromatic heterocycles. The van der Waals surface area contributed by atoms with E-state index < -0.39 is 0 Å². The molecule has 1 amide bonds. The molecule has 2 N–H and O–H groups in total. The number of carbonyl (C=O) groups is 1. The van der Waals surface area contributed by atoms with E-state index in [-0.39, 0.29) is 11.7 Å². The van der Waals surface area contributed by atoms with E-state index >= 15 is 0 Å². The van der Waals surface area contributed by atoms with Crippen LogP contribution in [0.1, 0.15) is 0 Å². The first-order chi connectivity index (χ1) is 15.2. The normalized spacial score (nSPS) is 10.5. The predicted molar refractivity (Wildman–Crippen MR) is 130 cm³/mol. The summed E-state index contributed by atoms with van der Waals surface area (Å²) in [4.78, 5) is 12.2. The highest BCUT2D eigenvalue weighted by Crippen LogP contribution is 2.29. The molecular formula is C22H17BrN4O2S2. The fourth-order valence-electron chi connectivity index (χ4n) is 2.55. The summed E-state index contributed by atoms with van der Waals surface area (Å²) in [6.07, 6.45) is 0. The highest BCUT2D eigenvalue weighted by atomic mass is 79.9. The summed E-state index contributed by atoms with van der Waals surface area (Å²) >= 11 is 6.16. The van der Waals surface area contributed by atoms with E-state index in [0.717, 1.165) is 27.3 Å². The number of anilines is 3. The van der Waals surface area contributed by atoms with E-state index in [2.05, 4.69) is 36.8 Å². The maximum Gasteiger partial charge on any atom is 0.234 e. The first-order valence-electron chi connectivity index (χ1n) is 9.26. The number of ether oxygens (including phenoxy) is 1. The molecule has 0 aliphatic carbocycles. The summed E-state index contributed by atoms with van der Waals surface area (Å²) in [5, 5.41) is 15.0. The number of rotatable bonds is 8. The average molecular weight is 513 g/mol. The smallest absolute Gasteiger partial charge is 0.234 e. The van der Waals surface area contributed by atoms with Crippen molar-refractivity contribution in [3.8, 4) is 11.5 Å². The van der Waals surface area contributed by atoms with Gasteiger partial charge in [-0.25, -0.2) is 0 Å². The Kier molecular flexibility index (Phi) is 7.18. The summed E-state index contributed by atoms with van der Waals surface area (Å²) in [6, 6.07) is 24.7. The molecule has 0 fully saturated rings. The molecule has 0 bridgehead atoms. The molecule has 0 unspecified atom stereocenters. The molecule has 31 heavy (non-hydrogen) atoms. The van der Waals surface area contributed by atoms with Crippen molar-refractivity contribution in [1.82, 2.24) is 10.2 Å². The van der Waals surface area contributed by atoms with Gasteiger partial charge in [0.25, 0.3) is 0 Å².